The van der Waals surface area contributed by atoms with E-state index in [0.717, 1.165) is 11.3 Å². The third kappa shape index (κ3) is 5.52. The van der Waals surface area contributed by atoms with E-state index < -0.39 is 17.9 Å². The number of carboxylic acid groups (broad SMARTS) is 1. The minimum atomic E-state index is -1.06. The van der Waals surface area contributed by atoms with Gasteiger partial charge in [-0.3, -0.25) is 4.79 Å². The van der Waals surface area contributed by atoms with E-state index in [0.29, 0.717) is 27.7 Å². The zero-order valence-corrected chi connectivity index (χ0v) is 15.6. The predicted molar refractivity (Wildman–Crippen MR) is 95.9 cm³/mol. The number of nitrogens with zero attached hydrogens (tertiary/aromatic N) is 1. The van der Waals surface area contributed by atoms with Crippen LogP contribution >= 0.6 is 11.3 Å². The van der Waals surface area contributed by atoms with Gasteiger partial charge in [0, 0.05) is 0 Å². The Hall–Kier alpha value is -2.48. The van der Waals surface area contributed by atoms with E-state index in [1.165, 1.54) is 24.3 Å². The van der Waals surface area contributed by atoms with Gasteiger partial charge in [0.25, 0.3) is 5.91 Å². The molecule has 0 aliphatic rings. The molecule has 1 amide bonds. The van der Waals surface area contributed by atoms with Gasteiger partial charge in [0.05, 0.1) is 5.69 Å². The van der Waals surface area contributed by atoms with E-state index >= 15 is 0 Å². The Kier molecular flexibility index (Phi) is 6.68. The number of benzene rings is 1. The molecule has 0 aliphatic heterocycles. The highest BCUT2D eigenvalue weighted by atomic mass is 32.1. The second-order valence-electron chi connectivity index (χ2n) is 6.26. The number of aromatic nitrogens is 1. The van der Waals surface area contributed by atoms with Crippen LogP contribution in [0.25, 0.3) is 0 Å². The standard InChI is InChI=1S/C18H21FN2O4S/c1-10(2)8-14(18(23)24)21-17(22)16-11(3)20-15(26-16)9-25-13-6-4-12(19)5-7-13/h4-7,10,14H,8-9H2,1-3H3,(H,21,22)(H,23,24)/t14-/m1/s1. The smallest absolute Gasteiger partial charge is 0.326 e. The number of rotatable bonds is 8. The molecule has 2 rings (SSSR count). The first-order valence-corrected chi connectivity index (χ1v) is 8.96. The van der Waals surface area contributed by atoms with Gasteiger partial charge in [-0.15, -0.1) is 11.3 Å². The molecule has 0 radical (unpaired) electrons. The maximum atomic E-state index is 12.9. The van der Waals surface area contributed by atoms with Gasteiger partial charge in [0.15, 0.2) is 0 Å². The average Bonchev–Trinajstić information content (AvgIpc) is 2.94. The topological polar surface area (TPSA) is 88.5 Å². The molecule has 8 heteroatoms. The molecule has 140 valence electrons. The van der Waals surface area contributed by atoms with Crippen molar-refractivity contribution in [1.82, 2.24) is 10.3 Å². The van der Waals surface area contributed by atoms with Gasteiger partial charge in [-0.25, -0.2) is 14.2 Å². The number of amides is 1. The monoisotopic (exact) mass is 380 g/mol. The van der Waals surface area contributed by atoms with Crippen molar-refractivity contribution in [3.8, 4) is 5.75 Å². The molecule has 2 N–H and O–H groups in total. The fraction of sp³-hybridized carbons (Fsp3) is 0.389. The molecular formula is C18H21FN2O4S. The minimum Gasteiger partial charge on any atom is -0.486 e. The first-order chi connectivity index (χ1) is 12.3. The molecule has 2 aromatic rings. The molecular weight excluding hydrogens is 359 g/mol. The molecule has 1 heterocycles. The quantitative estimate of drug-likeness (QED) is 0.733. The summed E-state index contributed by atoms with van der Waals surface area (Å²) in [4.78, 5) is 28.3. The minimum absolute atomic E-state index is 0.138. The molecule has 0 aliphatic carbocycles. The highest BCUT2D eigenvalue weighted by molar-refractivity contribution is 7.13. The lowest BCUT2D eigenvalue weighted by atomic mass is 10.0. The van der Waals surface area contributed by atoms with Crippen LogP contribution in [0.15, 0.2) is 24.3 Å². The maximum absolute atomic E-state index is 12.9. The summed E-state index contributed by atoms with van der Waals surface area (Å²) in [5.41, 5.74) is 0.513. The van der Waals surface area contributed by atoms with Crippen LogP contribution in [-0.4, -0.2) is 28.0 Å². The van der Waals surface area contributed by atoms with Crippen LogP contribution in [0.3, 0.4) is 0 Å². The Balaban J connectivity index is 2.02. The largest absolute Gasteiger partial charge is 0.486 e. The Morgan fingerprint density at radius 1 is 1.31 bits per heavy atom. The SMILES string of the molecule is Cc1nc(COc2ccc(F)cc2)sc1C(=O)N[C@H](CC(C)C)C(=O)O. The van der Waals surface area contributed by atoms with E-state index in [1.54, 1.807) is 6.92 Å². The van der Waals surface area contributed by atoms with Crippen molar-refractivity contribution < 1.29 is 23.8 Å². The molecule has 0 unspecified atom stereocenters. The number of thiazole rings is 1. The van der Waals surface area contributed by atoms with Gasteiger partial charge in [0.1, 0.15) is 34.1 Å². The lowest BCUT2D eigenvalue weighted by molar-refractivity contribution is -0.139. The summed E-state index contributed by atoms with van der Waals surface area (Å²) in [7, 11) is 0. The van der Waals surface area contributed by atoms with Gasteiger partial charge >= 0.3 is 5.97 Å². The summed E-state index contributed by atoms with van der Waals surface area (Å²) in [5.74, 6) is -1.24. The third-order valence-electron chi connectivity index (χ3n) is 3.53. The molecule has 1 atom stereocenters. The van der Waals surface area contributed by atoms with Gasteiger partial charge in [0.2, 0.25) is 0 Å². The zero-order valence-electron chi connectivity index (χ0n) is 14.8. The average molecular weight is 380 g/mol. The van der Waals surface area contributed by atoms with E-state index in [-0.39, 0.29) is 18.3 Å². The number of nitrogens with one attached hydrogen (secondary N) is 1. The van der Waals surface area contributed by atoms with Gasteiger partial charge in [-0.05, 0) is 43.5 Å². The Labute approximate surface area is 155 Å². The highest BCUT2D eigenvalue weighted by Crippen LogP contribution is 2.21. The molecule has 0 saturated carbocycles. The van der Waals surface area contributed by atoms with Crippen LogP contribution in [-0.2, 0) is 11.4 Å². The van der Waals surface area contributed by atoms with Crippen molar-refractivity contribution in [3.63, 3.8) is 0 Å². The number of hydrogen-bond acceptors (Lipinski definition) is 5. The number of carbonyl (C=O) groups excluding carboxylic acids is 1. The first-order valence-electron chi connectivity index (χ1n) is 8.14. The molecule has 1 aromatic carbocycles. The number of carboxylic acids is 1. The lowest BCUT2D eigenvalue weighted by Crippen LogP contribution is -2.41. The highest BCUT2D eigenvalue weighted by Gasteiger charge is 2.24. The number of hydrogen-bond donors (Lipinski definition) is 2. The van der Waals surface area contributed by atoms with Gasteiger partial charge < -0.3 is 15.2 Å². The second kappa shape index (κ2) is 8.75. The second-order valence-corrected chi connectivity index (χ2v) is 7.34. The van der Waals surface area contributed by atoms with E-state index in [1.807, 2.05) is 13.8 Å². The summed E-state index contributed by atoms with van der Waals surface area (Å²) in [6.07, 6.45) is 0.347. The van der Waals surface area contributed by atoms with E-state index in [2.05, 4.69) is 10.3 Å². The summed E-state index contributed by atoms with van der Waals surface area (Å²) in [5, 5.41) is 12.4. The van der Waals surface area contributed by atoms with Gasteiger partial charge in [-0.1, -0.05) is 13.8 Å². The predicted octanol–water partition coefficient (Wildman–Crippen LogP) is 3.40. The summed E-state index contributed by atoms with van der Waals surface area (Å²) < 4.78 is 18.4. The van der Waals surface area contributed by atoms with Crippen LogP contribution in [0.1, 0.15) is 40.6 Å². The van der Waals surface area contributed by atoms with Crippen LogP contribution in [0, 0.1) is 18.7 Å². The Morgan fingerprint density at radius 2 is 1.96 bits per heavy atom. The number of halogens is 1. The number of aliphatic carboxylic acids is 1. The van der Waals surface area contributed by atoms with Crippen LogP contribution < -0.4 is 10.1 Å². The van der Waals surface area contributed by atoms with E-state index in [4.69, 9.17) is 4.74 Å². The Bertz CT molecular complexity index is 774. The molecule has 1 aromatic heterocycles. The Morgan fingerprint density at radius 3 is 2.54 bits per heavy atom. The molecule has 6 nitrogen and oxygen atoms in total. The van der Waals surface area contributed by atoms with Crippen molar-refractivity contribution in [2.75, 3.05) is 0 Å². The van der Waals surface area contributed by atoms with Gasteiger partial charge in [-0.2, -0.15) is 0 Å². The van der Waals surface area contributed by atoms with Crippen molar-refractivity contribution >= 4 is 23.2 Å². The maximum Gasteiger partial charge on any atom is 0.326 e. The van der Waals surface area contributed by atoms with Crippen LogP contribution in [0.2, 0.25) is 0 Å². The fourth-order valence-electron chi connectivity index (χ4n) is 2.32. The van der Waals surface area contributed by atoms with Crippen LogP contribution in [0.5, 0.6) is 5.75 Å². The number of carbonyl (C=O) groups is 2. The molecule has 0 saturated heterocycles. The lowest BCUT2D eigenvalue weighted by Gasteiger charge is -2.15. The van der Waals surface area contributed by atoms with Crippen LogP contribution in [0.4, 0.5) is 4.39 Å². The van der Waals surface area contributed by atoms with Crippen molar-refractivity contribution in [2.45, 2.75) is 39.8 Å². The van der Waals surface area contributed by atoms with E-state index in [9.17, 15) is 19.1 Å². The normalized spacial score (nSPS) is 12.0. The van der Waals surface area contributed by atoms with Crippen molar-refractivity contribution in [3.05, 3.63) is 45.7 Å². The number of aryl methyl sites for hydroxylation is 1. The summed E-state index contributed by atoms with van der Waals surface area (Å²) >= 11 is 1.15. The third-order valence-corrected chi connectivity index (χ3v) is 4.66. The summed E-state index contributed by atoms with van der Waals surface area (Å²) in [6, 6.07) is 4.66. The fourth-order valence-corrected chi connectivity index (χ4v) is 3.20. The zero-order chi connectivity index (χ0) is 19.3. The number of ether oxygens (including phenoxy) is 1. The molecule has 0 bridgehead atoms. The molecule has 26 heavy (non-hydrogen) atoms. The van der Waals surface area contributed by atoms with Crippen molar-refractivity contribution in [1.29, 1.82) is 0 Å². The van der Waals surface area contributed by atoms with Crippen molar-refractivity contribution in [2.24, 2.45) is 5.92 Å². The molecule has 0 spiro atoms. The first kappa shape index (κ1) is 19.8. The molecule has 0 fully saturated rings. The summed E-state index contributed by atoms with van der Waals surface area (Å²) in [6.45, 7) is 5.61.